The monoisotopic (exact) mass is 477 g/mol. The Labute approximate surface area is 169 Å². The number of rotatable bonds is 3. The van der Waals surface area contributed by atoms with Crippen LogP contribution in [0.25, 0.3) is 11.0 Å². The Morgan fingerprint density at radius 2 is 1.74 bits per heavy atom. The fraction of sp³-hybridized carbons (Fsp3) is 0.263. The van der Waals surface area contributed by atoms with Gasteiger partial charge in [0.15, 0.2) is 0 Å². The van der Waals surface area contributed by atoms with Crippen molar-refractivity contribution >= 4 is 50.9 Å². The van der Waals surface area contributed by atoms with E-state index in [2.05, 4.69) is 54.7 Å². The molecule has 0 aliphatic carbocycles. The average Bonchev–Trinajstić information content (AvgIpc) is 3.01. The third-order valence-electron chi connectivity index (χ3n) is 4.84. The zero-order valence-electron chi connectivity index (χ0n) is 14.9. The molecule has 0 bridgehead atoms. The van der Waals surface area contributed by atoms with E-state index in [9.17, 15) is 9.59 Å². The molecule has 1 saturated heterocycles. The van der Waals surface area contributed by atoms with Gasteiger partial charge >= 0.3 is 5.69 Å². The molecule has 2 aromatic carbocycles. The van der Waals surface area contributed by atoms with E-state index in [1.54, 1.807) is 0 Å². The number of carbonyl (C=O) groups excluding carboxylic acids is 1. The number of halogens is 1. The second-order valence-corrected chi connectivity index (χ2v) is 7.88. The second-order valence-electron chi connectivity index (χ2n) is 6.72. The Kier molecular flexibility index (Phi) is 4.92. The van der Waals surface area contributed by atoms with Crippen LogP contribution in [0, 0.1) is 3.57 Å². The number of nitrogens with zero attached hydrogens (tertiary/aromatic N) is 2. The summed E-state index contributed by atoms with van der Waals surface area (Å²) < 4.78 is 0.893. The van der Waals surface area contributed by atoms with Crippen LogP contribution in [-0.4, -0.2) is 54.0 Å². The van der Waals surface area contributed by atoms with Gasteiger partial charge in [0.1, 0.15) is 0 Å². The number of anilines is 2. The van der Waals surface area contributed by atoms with Crippen LogP contribution in [0.4, 0.5) is 11.4 Å². The Morgan fingerprint density at radius 3 is 2.44 bits per heavy atom. The summed E-state index contributed by atoms with van der Waals surface area (Å²) >= 11 is 2.16. The molecule has 0 atom stereocenters. The molecule has 1 aromatic heterocycles. The van der Waals surface area contributed by atoms with Crippen molar-refractivity contribution in [2.45, 2.75) is 0 Å². The number of benzene rings is 2. The normalized spacial score (nSPS) is 15.3. The highest BCUT2D eigenvalue weighted by atomic mass is 127. The number of fused-ring (bicyclic) bond motifs is 1. The van der Waals surface area contributed by atoms with E-state index in [1.165, 1.54) is 0 Å². The highest BCUT2D eigenvalue weighted by Gasteiger charge is 2.20. The molecule has 27 heavy (non-hydrogen) atoms. The third kappa shape index (κ3) is 3.72. The molecule has 4 rings (SSSR count). The summed E-state index contributed by atoms with van der Waals surface area (Å²) in [5.74, 6) is -0.160. The van der Waals surface area contributed by atoms with Crippen molar-refractivity contribution < 1.29 is 4.79 Å². The minimum atomic E-state index is -0.254. The molecule has 140 valence electrons. The van der Waals surface area contributed by atoms with E-state index in [0.29, 0.717) is 16.8 Å². The fourth-order valence-corrected chi connectivity index (χ4v) is 3.95. The highest BCUT2D eigenvalue weighted by molar-refractivity contribution is 14.1. The molecule has 1 fully saturated rings. The lowest BCUT2D eigenvalue weighted by molar-refractivity contribution is 0.102. The number of nitrogens with one attached hydrogen (secondary N) is 3. The van der Waals surface area contributed by atoms with Crippen molar-refractivity contribution in [2.75, 3.05) is 43.4 Å². The van der Waals surface area contributed by atoms with Crippen LogP contribution in [0.5, 0.6) is 0 Å². The molecule has 8 heteroatoms. The van der Waals surface area contributed by atoms with Gasteiger partial charge in [0.25, 0.3) is 5.91 Å². The second kappa shape index (κ2) is 7.35. The van der Waals surface area contributed by atoms with Crippen LogP contribution in [0.3, 0.4) is 0 Å². The zero-order valence-corrected chi connectivity index (χ0v) is 17.0. The molecule has 0 unspecified atom stereocenters. The van der Waals surface area contributed by atoms with E-state index in [-0.39, 0.29) is 11.6 Å². The summed E-state index contributed by atoms with van der Waals surface area (Å²) in [5, 5.41) is 3.04. The summed E-state index contributed by atoms with van der Waals surface area (Å²) in [6, 6.07) is 11.2. The molecular formula is C19H20IN5O2. The lowest BCUT2D eigenvalue weighted by Gasteiger charge is -2.35. The maximum atomic E-state index is 12.8. The van der Waals surface area contributed by atoms with Crippen LogP contribution >= 0.6 is 22.6 Å². The number of likely N-dealkylation sites (N-methyl/N-ethyl adjacent to an activating group) is 1. The van der Waals surface area contributed by atoms with Gasteiger partial charge in [0.2, 0.25) is 0 Å². The van der Waals surface area contributed by atoms with Gasteiger partial charge < -0.3 is 25.1 Å². The maximum absolute atomic E-state index is 12.8. The predicted molar refractivity (Wildman–Crippen MR) is 116 cm³/mol. The van der Waals surface area contributed by atoms with Gasteiger partial charge in [-0.1, -0.05) is 12.1 Å². The van der Waals surface area contributed by atoms with Crippen LogP contribution in [0.1, 0.15) is 10.4 Å². The summed E-state index contributed by atoms with van der Waals surface area (Å²) in [4.78, 5) is 34.6. The van der Waals surface area contributed by atoms with Gasteiger partial charge in [-0.05, 0) is 53.9 Å². The number of aromatic amines is 2. The maximum Gasteiger partial charge on any atom is 0.323 e. The highest BCUT2D eigenvalue weighted by Crippen LogP contribution is 2.31. The average molecular weight is 477 g/mol. The quantitative estimate of drug-likeness (QED) is 0.507. The van der Waals surface area contributed by atoms with E-state index in [4.69, 9.17) is 0 Å². The summed E-state index contributed by atoms with van der Waals surface area (Å²) in [7, 11) is 2.10. The lowest BCUT2D eigenvalue weighted by atomic mass is 10.1. The third-order valence-corrected chi connectivity index (χ3v) is 5.78. The Balaban J connectivity index is 1.73. The van der Waals surface area contributed by atoms with Gasteiger partial charge in [-0.3, -0.25) is 4.79 Å². The number of aromatic nitrogens is 2. The molecule has 3 N–H and O–H groups in total. The van der Waals surface area contributed by atoms with Crippen molar-refractivity contribution in [2.24, 2.45) is 0 Å². The minimum Gasteiger partial charge on any atom is -0.367 e. The standard InChI is InChI=1S/C19H20IN5O2/c1-24-6-8-25(9-7-24)17-11-15-14(22-19(27)23-15)10-16(17)21-18(26)12-4-2-3-5-13(12)20/h2-5,10-11H,6-9H2,1H3,(H,21,26)(H2,22,23,27). The summed E-state index contributed by atoms with van der Waals surface area (Å²) in [5.41, 5.74) is 3.41. The molecule has 1 amide bonds. The number of imidazole rings is 1. The Hall–Kier alpha value is -2.33. The van der Waals surface area contributed by atoms with E-state index >= 15 is 0 Å². The minimum absolute atomic E-state index is 0.160. The molecular weight excluding hydrogens is 457 g/mol. The SMILES string of the molecule is CN1CCN(c2cc3[nH]c(=O)[nH]c3cc2NC(=O)c2ccccc2I)CC1. The molecule has 0 radical (unpaired) electrons. The fourth-order valence-electron chi connectivity index (χ4n) is 3.32. The zero-order chi connectivity index (χ0) is 19.0. The number of hydrogen-bond acceptors (Lipinski definition) is 4. The predicted octanol–water partition coefficient (Wildman–Crippen LogP) is 2.46. The van der Waals surface area contributed by atoms with Crippen molar-refractivity contribution in [3.63, 3.8) is 0 Å². The largest absolute Gasteiger partial charge is 0.367 e. The van der Waals surface area contributed by atoms with Gasteiger partial charge in [0.05, 0.1) is 28.0 Å². The summed E-state index contributed by atoms with van der Waals surface area (Å²) in [6.07, 6.45) is 0. The smallest absolute Gasteiger partial charge is 0.323 e. The number of hydrogen-bond donors (Lipinski definition) is 3. The van der Waals surface area contributed by atoms with Gasteiger partial charge in [-0.15, -0.1) is 0 Å². The molecule has 3 aromatic rings. The van der Waals surface area contributed by atoms with Gasteiger partial charge in [-0.2, -0.15) is 0 Å². The first-order valence-corrected chi connectivity index (χ1v) is 9.84. The molecule has 0 saturated carbocycles. The first kappa shape index (κ1) is 18.1. The van der Waals surface area contributed by atoms with Crippen LogP contribution in [-0.2, 0) is 0 Å². The number of H-pyrrole nitrogens is 2. The number of amides is 1. The van der Waals surface area contributed by atoms with E-state index in [0.717, 1.165) is 41.0 Å². The van der Waals surface area contributed by atoms with E-state index < -0.39 is 0 Å². The molecule has 2 heterocycles. The van der Waals surface area contributed by atoms with Crippen LogP contribution in [0.2, 0.25) is 0 Å². The van der Waals surface area contributed by atoms with Crippen molar-refractivity contribution in [1.29, 1.82) is 0 Å². The van der Waals surface area contributed by atoms with Crippen molar-refractivity contribution in [3.8, 4) is 0 Å². The Morgan fingerprint density at radius 1 is 1.07 bits per heavy atom. The molecule has 1 aliphatic heterocycles. The summed E-state index contributed by atoms with van der Waals surface area (Å²) in [6.45, 7) is 3.63. The molecule has 7 nitrogen and oxygen atoms in total. The molecule has 1 aliphatic rings. The van der Waals surface area contributed by atoms with Crippen LogP contribution in [0.15, 0.2) is 41.2 Å². The van der Waals surface area contributed by atoms with Crippen LogP contribution < -0.4 is 15.9 Å². The lowest BCUT2D eigenvalue weighted by Crippen LogP contribution is -2.44. The Bertz CT molecular complexity index is 1050. The van der Waals surface area contributed by atoms with Crippen molar-refractivity contribution in [1.82, 2.24) is 14.9 Å². The van der Waals surface area contributed by atoms with Gasteiger partial charge in [-0.25, -0.2) is 4.79 Å². The first-order chi connectivity index (χ1) is 13.0. The van der Waals surface area contributed by atoms with E-state index in [1.807, 2.05) is 36.4 Å². The van der Waals surface area contributed by atoms with Crippen molar-refractivity contribution in [3.05, 3.63) is 56.0 Å². The topological polar surface area (TPSA) is 84.2 Å². The number of piperazine rings is 1. The number of carbonyl (C=O) groups is 1. The molecule has 0 spiro atoms. The van der Waals surface area contributed by atoms with Gasteiger partial charge in [0, 0.05) is 29.7 Å². The first-order valence-electron chi connectivity index (χ1n) is 8.77.